The van der Waals surface area contributed by atoms with E-state index in [4.69, 9.17) is 0 Å². The lowest BCUT2D eigenvalue weighted by Gasteiger charge is -2.09. The Morgan fingerprint density at radius 3 is 2.92 bits per heavy atom. The SMILES string of the molecule is Cc1ccc([N+](=O)[O-])cc1NC(=O)CSc1nc2sccc2c(=O)n1C. The second-order valence-corrected chi connectivity index (χ2v) is 7.33. The topological polar surface area (TPSA) is 107 Å². The van der Waals surface area contributed by atoms with Crippen LogP contribution >= 0.6 is 23.1 Å². The highest BCUT2D eigenvalue weighted by Crippen LogP contribution is 2.23. The minimum Gasteiger partial charge on any atom is -0.325 e. The van der Waals surface area contributed by atoms with Gasteiger partial charge in [0.05, 0.1) is 21.7 Å². The van der Waals surface area contributed by atoms with Gasteiger partial charge in [-0.25, -0.2) is 4.98 Å². The van der Waals surface area contributed by atoms with Gasteiger partial charge in [0, 0.05) is 19.2 Å². The number of nitro groups is 1. The molecule has 3 aromatic rings. The van der Waals surface area contributed by atoms with Crippen LogP contribution in [0, 0.1) is 17.0 Å². The Kier molecular flexibility index (Phi) is 5.05. The van der Waals surface area contributed by atoms with Crippen LogP contribution in [0.25, 0.3) is 10.2 Å². The van der Waals surface area contributed by atoms with Crippen LogP contribution in [0.5, 0.6) is 0 Å². The van der Waals surface area contributed by atoms with E-state index in [9.17, 15) is 19.7 Å². The van der Waals surface area contributed by atoms with E-state index in [1.807, 2.05) is 0 Å². The van der Waals surface area contributed by atoms with Crippen molar-refractivity contribution in [2.24, 2.45) is 7.05 Å². The number of carbonyl (C=O) groups excluding carboxylic acids is 1. The number of hydrogen-bond acceptors (Lipinski definition) is 7. The number of amides is 1. The molecule has 8 nitrogen and oxygen atoms in total. The second kappa shape index (κ2) is 7.26. The Bertz CT molecular complexity index is 1070. The number of rotatable bonds is 5. The largest absolute Gasteiger partial charge is 0.325 e. The van der Waals surface area contributed by atoms with Crippen molar-refractivity contribution in [3.05, 3.63) is 55.7 Å². The summed E-state index contributed by atoms with van der Waals surface area (Å²) < 4.78 is 1.41. The first kappa shape index (κ1) is 18.1. The van der Waals surface area contributed by atoms with Crippen LogP contribution in [-0.2, 0) is 11.8 Å². The van der Waals surface area contributed by atoms with Gasteiger partial charge in [0.25, 0.3) is 11.2 Å². The molecule has 1 aromatic carbocycles. The Balaban J connectivity index is 1.74. The zero-order valence-electron chi connectivity index (χ0n) is 13.9. The Hall–Kier alpha value is -2.72. The summed E-state index contributed by atoms with van der Waals surface area (Å²) in [4.78, 5) is 39.8. The molecule has 1 N–H and O–H groups in total. The van der Waals surface area contributed by atoms with E-state index in [1.54, 1.807) is 31.5 Å². The molecule has 0 aliphatic rings. The molecule has 0 radical (unpaired) electrons. The third kappa shape index (κ3) is 3.60. The summed E-state index contributed by atoms with van der Waals surface area (Å²) in [5.74, 6) is -0.307. The highest BCUT2D eigenvalue weighted by Gasteiger charge is 2.14. The maximum absolute atomic E-state index is 12.2. The average molecular weight is 390 g/mol. The predicted molar refractivity (Wildman–Crippen MR) is 102 cm³/mol. The van der Waals surface area contributed by atoms with Crippen LogP contribution in [0.1, 0.15) is 5.56 Å². The highest BCUT2D eigenvalue weighted by atomic mass is 32.2. The van der Waals surface area contributed by atoms with Crippen LogP contribution in [0.3, 0.4) is 0 Å². The van der Waals surface area contributed by atoms with Crippen molar-refractivity contribution in [3.8, 4) is 0 Å². The maximum atomic E-state index is 12.2. The van der Waals surface area contributed by atoms with Crippen LogP contribution in [-0.4, -0.2) is 26.1 Å². The summed E-state index contributed by atoms with van der Waals surface area (Å²) in [7, 11) is 1.61. The molecule has 0 saturated carbocycles. The molecular formula is C16H14N4O4S2. The molecule has 3 rings (SSSR count). The van der Waals surface area contributed by atoms with Crippen molar-refractivity contribution in [2.75, 3.05) is 11.1 Å². The van der Waals surface area contributed by atoms with E-state index in [0.717, 1.165) is 17.3 Å². The van der Waals surface area contributed by atoms with Crippen molar-refractivity contribution in [1.29, 1.82) is 0 Å². The van der Waals surface area contributed by atoms with Crippen LogP contribution in [0.4, 0.5) is 11.4 Å². The summed E-state index contributed by atoms with van der Waals surface area (Å²) >= 11 is 2.50. The van der Waals surface area contributed by atoms with E-state index in [2.05, 4.69) is 10.3 Å². The van der Waals surface area contributed by atoms with E-state index in [1.165, 1.54) is 28.0 Å². The Labute approximate surface area is 156 Å². The number of nitrogens with zero attached hydrogens (tertiary/aromatic N) is 3. The second-order valence-electron chi connectivity index (χ2n) is 5.49. The van der Waals surface area contributed by atoms with Crippen molar-refractivity contribution in [3.63, 3.8) is 0 Å². The highest BCUT2D eigenvalue weighted by molar-refractivity contribution is 7.99. The average Bonchev–Trinajstić information content (AvgIpc) is 3.07. The number of nitrogens with one attached hydrogen (secondary N) is 1. The van der Waals surface area contributed by atoms with Gasteiger partial charge in [0.1, 0.15) is 4.83 Å². The van der Waals surface area contributed by atoms with Gasteiger partial charge in [0.2, 0.25) is 5.91 Å². The number of hydrogen-bond donors (Lipinski definition) is 1. The van der Waals surface area contributed by atoms with E-state index in [-0.39, 0.29) is 22.9 Å². The smallest absolute Gasteiger partial charge is 0.271 e. The lowest BCUT2D eigenvalue weighted by molar-refractivity contribution is -0.384. The summed E-state index contributed by atoms with van der Waals surface area (Å²) in [6, 6.07) is 6.01. The van der Waals surface area contributed by atoms with Gasteiger partial charge in [-0.2, -0.15) is 0 Å². The van der Waals surface area contributed by atoms with E-state index in [0.29, 0.717) is 21.1 Å². The summed E-state index contributed by atoms with van der Waals surface area (Å²) in [6.45, 7) is 1.75. The molecule has 0 atom stereocenters. The zero-order valence-corrected chi connectivity index (χ0v) is 15.5. The zero-order chi connectivity index (χ0) is 18.8. The minimum absolute atomic E-state index is 0.0271. The number of nitro benzene ring substituents is 1. The van der Waals surface area contributed by atoms with Gasteiger partial charge >= 0.3 is 0 Å². The predicted octanol–water partition coefficient (Wildman–Crippen LogP) is 2.94. The molecule has 0 unspecified atom stereocenters. The summed E-state index contributed by atoms with van der Waals surface area (Å²) in [5, 5.41) is 16.3. The van der Waals surface area contributed by atoms with Crippen molar-refractivity contribution in [1.82, 2.24) is 9.55 Å². The normalized spacial score (nSPS) is 10.8. The minimum atomic E-state index is -0.514. The van der Waals surface area contributed by atoms with Crippen LogP contribution in [0.15, 0.2) is 39.6 Å². The summed E-state index contributed by atoms with van der Waals surface area (Å²) in [6.07, 6.45) is 0. The number of carbonyl (C=O) groups is 1. The fourth-order valence-electron chi connectivity index (χ4n) is 2.28. The standard InChI is InChI=1S/C16H14N4O4S2/c1-9-3-4-10(20(23)24)7-12(9)17-13(21)8-26-16-18-14-11(5-6-25-14)15(22)19(16)2/h3-7H,8H2,1-2H3,(H,17,21). The maximum Gasteiger partial charge on any atom is 0.271 e. The fraction of sp³-hybridized carbons (Fsp3) is 0.188. The molecule has 2 aromatic heterocycles. The molecule has 1 amide bonds. The first-order valence-corrected chi connectivity index (χ1v) is 9.35. The third-order valence-corrected chi connectivity index (χ3v) is 5.54. The molecule has 0 aliphatic carbocycles. The number of benzene rings is 1. The molecule has 134 valence electrons. The quantitative estimate of drug-likeness (QED) is 0.311. The number of thioether (sulfide) groups is 1. The number of fused-ring (bicyclic) bond motifs is 1. The van der Waals surface area contributed by atoms with Crippen molar-refractivity contribution in [2.45, 2.75) is 12.1 Å². The van der Waals surface area contributed by atoms with E-state index < -0.39 is 4.92 Å². The first-order chi connectivity index (χ1) is 12.4. The summed E-state index contributed by atoms with van der Waals surface area (Å²) in [5.41, 5.74) is 0.860. The van der Waals surface area contributed by atoms with E-state index >= 15 is 0 Å². The lowest BCUT2D eigenvalue weighted by Crippen LogP contribution is -2.21. The number of thiophene rings is 1. The molecule has 0 fully saturated rings. The molecule has 26 heavy (non-hydrogen) atoms. The number of anilines is 1. The van der Waals surface area contributed by atoms with Crippen LogP contribution < -0.4 is 10.9 Å². The monoisotopic (exact) mass is 390 g/mol. The van der Waals surface area contributed by atoms with Gasteiger partial charge in [-0.1, -0.05) is 17.8 Å². The molecular weight excluding hydrogens is 376 g/mol. The number of aryl methyl sites for hydroxylation is 1. The lowest BCUT2D eigenvalue weighted by atomic mass is 10.2. The van der Waals surface area contributed by atoms with Crippen molar-refractivity contribution >= 4 is 50.6 Å². The molecule has 0 spiro atoms. The fourth-order valence-corrected chi connectivity index (χ4v) is 3.86. The molecule has 0 bridgehead atoms. The van der Waals surface area contributed by atoms with Gasteiger partial charge in [0.15, 0.2) is 5.16 Å². The number of aromatic nitrogens is 2. The van der Waals surface area contributed by atoms with Gasteiger partial charge in [-0.3, -0.25) is 24.3 Å². The van der Waals surface area contributed by atoms with Gasteiger partial charge in [-0.05, 0) is 23.9 Å². The van der Waals surface area contributed by atoms with Crippen molar-refractivity contribution < 1.29 is 9.72 Å². The first-order valence-electron chi connectivity index (χ1n) is 7.48. The molecule has 2 heterocycles. The molecule has 10 heteroatoms. The Morgan fingerprint density at radius 2 is 2.19 bits per heavy atom. The molecule has 0 saturated heterocycles. The van der Waals surface area contributed by atoms with Gasteiger partial charge < -0.3 is 5.32 Å². The van der Waals surface area contributed by atoms with Crippen LogP contribution in [0.2, 0.25) is 0 Å². The third-order valence-electron chi connectivity index (χ3n) is 3.70. The number of non-ortho nitro benzene ring substituents is 1. The van der Waals surface area contributed by atoms with Gasteiger partial charge in [-0.15, -0.1) is 11.3 Å². The molecule has 0 aliphatic heterocycles. The Morgan fingerprint density at radius 1 is 1.42 bits per heavy atom.